The van der Waals surface area contributed by atoms with Gasteiger partial charge >= 0.3 is 0 Å². The van der Waals surface area contributed by atoms with Crippen LogP contribution in [0, 0.1) is 0 Å². The van der Waals surface area contributed by atoms with Gasteiger partial charge in [-0.1, -0.05) is 23.7 Å². The molecule has 2 aromatic rings. The molecule has 0 saturated carbocycles. The van der Waals surface area contributed by atoms with Crippen molar-refractivity contribution in [2.75, 3.05) is 18.1 Å². The molecule has 0 aliphatic heterocycles. The first-order valence-electron chi connectivity index (χ1n) is 6.48. The van der Waals surface area contributed by atoms with Gasteiger partial charge in [0.05, 0.1) is 17.2 Å². The number of benzene rings is 2. The molecule has 5 heteroatoms. The van der Waals surface area contributed by atoms with Crippen LogP contribution in [-0.2, 0) is 0 Å². The topological polar surface area (TPSA) is 52.3 Å². The van der Waals surface area contributed by atoms with Crippen LogP contribution in [0.25, 0.3) is 0 Å². The number of hydrogen-bond acceptors (Lipinski definition) is 4. The normalized spacial score (nSPS) is 10.4. The van der Waals surface area contributed by atoms with E-state index in [4.69, 9.17) is 22.1 Å². The molecule has 2 aromatic carbocycles. The zero-order valence-corrected chi connectivity index (χ0v) is 13.2. The summed E-state index contributed by atoms with van der Waals surface area (Å²) in [4.78, 5) is 12.4. The van der Waals surface area contributed by atoms with E-state index in [2.05, 4.69) is 0 Å². The average Bonchev–Trinajstić information content (AvgIpc) is 2.45. The lowest BCUT2D eigenvalue weighted by Gasteiger charge is -2.10. The Bertz CT molecular complexity index is 646. The van der Waals surface area contributed by atoms with Gasteiger partial charge in [-0.05, 0) is 37.3 Å². The van der Waals surface area contributed by atoms with E-state index in [0.29, 0.717) is 28.6 Å². The lowest BCUT2D eigenvalue weighted by Crippen LogP contribution is -2.04. The highest BCUT2D eigenvalue weighted by atomic mass is 35.5. The lowest BCUT2D eigenvalue weighted by molar-refractivity contribution is 0.101. The number of carbonyl (C=O) groups is 1. The van der Waals surface area contributed by atoms with E-state index in [1.54, 1.807) is 30.0 Å². The Kier molecular flexibility index (Phi) is 5.53. The number of ether oxygens (including phenoxy) is 1. The van der Waals surface area contributed by atoms with Crippen molar-refractivity contribution in [3.63, 3.8) is 0 Å². The summed E-state index contributed by atoms with van der Waals surface area (Å²) in [6, 6.07) is 12.7. The maximum absolute atomic E-state index is 11.5. The summed E-state index contributed by atoms with van der Waals surface area (Å²) in [5, 5.41) is 0.643. The monoisotopic (exact) mass is 321 g/mol. The van der Waals surface area contributed by atoms with E-state index < -0.39 is 0 Å². The third-order valence-corrected chi connectivity index (χ3v) is 4.28. The number of halogens is 1. The summed E-state index contributed by atoms with van der Waals surface area (Å²) in [5.41, 5.74) is 6.91. The van der Waals surface area contributed by atoms with Crippen molar-refractivity contribution in [2.45, 2.75) is 11.8 Å². The molecule has 0 aromatic heterocycles. The van der Waals surface area contributed by atoms with E-state index in [1.807, 2.05) is 24.3 Å². The molecule has 110 valence electrons. The number of nitrogens with two attached hydrogens (primary N) is 1. The molecular formula is C16H16ClNO2S. The second kappa shape index (κ2) is 7.38. The Morgan fingerprint density at radius 1 is 1.29 bits per heavy atom. The molecule has 0 unspecified atom stereocenters. The van der Waals surface area contributed by atoms with Crippen molar-refractivity contribution in [1.82, 2.24) is 0 Å². The van der Waals surface area contributed by atoms with Crippen LogP contribution in [-0.4, -0.2) is 18.1 Å². The molecule has 0 aliphatic carbocycles. The van der Waals surface area contributed by atoms with Gasteiger partial charge in [0.25, 0.3) is 0 Å². The molecule has 0 fully saturated rings. The van der Waals surface area contributed by atoms with E-state index in [-0.39, 0.29) is 5.78 Å². The molecule has 0 amide bonds. The van der Waals surface area contributed by atoms with E-state index >= 15 is 0 Å². The number of ketones is 1. The Hall–Kier alpha value is -1.65. The van der Waals surface area contributed by atoms with Gasteiger partial charge in [0.15, 0.2) is 5.78 Å². The number of anilines is 1. The van der Waals surface area contributed by atoms with Gasteiger partial charge in [-0.25, -0.2) is 0 Å². The summed E-state index contributed by atoms with van der Waals surface area (Å²) in [7, 11) is 0. The minimum atomic E-state index is -0.000155. The first-order valence-corrected chi connectivity index (χ1v) is 7.85. The first-order chi connectivity index (χ1) is 10.1. The van der Waals surface area contributed by atoms with Gasteiger partial charge in [-0.2, -0.15) is 0 Å². The van der Waals surface area contributed by atoms with E-state index in [1.165, 1.54) is 6.92 Å². The summed E-state index contributed by atoms with van der Waals surface area (Å²) < 4.78 is 5.67. The number of hydrogen-bond donors (Lipinski definition) is 1. The highest BCUT2D eigenvalue weighted by Gasteiger charge is 2.07. The lowest BCUT2D eigenvalue weighted by atomic mass is 10.1. The van der Waals surface area contributed by atoms with Gasteiger partial charge in [0.2, 0.25) is 0 Å². The minimum absolute atomic E-state index is 0.000155. The number of carbonyl (C=O) groups excluding carboxylic acids is 1. The Morgan fingerprint density at radius 3 is 2.76 bits per heavy atom. The van der Waals surface area contributed by atoms with Crippen molar-refractivity contribution < 1.29 is 9.53 Å². The van der Waals surface area contributed by atoms with Gasteiger partial charge in [-0.15, -0.1) is 11.8 Å². The Labute approximate surface area is 133 Å². The van der Waals surface area contributed by atoms with Crippen LogP contribution < -0.4 is 10.5 Å². The second-order valence-corrected chi connectivity index (χ2v) is 5.98. The average molecular weight is 322 g/mol. The van der Waals surface area contributed by atoms with Crippen LogP contribution in [0.15, 0.2) is 47.4 Å². The van der Waals surface area contributed by atoms with Crippen LogP contribution in [0.5, 0.6) is 5.75 Å². The third-order valence-electron chi connectivity index (χ3n) is 2.82. The maximum Gasteiger partial charge on any atom is 0.163 e. The van der Waals surface area contributed by atoms with Crippen LogP contribution >= 0.6 is 23.4 Å². The Balaban J connectivity index is 1.89. The molecule has 0 atom stereocenters. The predicted octanol–water partition coefficient (Wildman–Crippen LogP) is 4.30. The minimum Gasteiger partial charge on any atom is -0.492 e. The molecule has 21 heavy (non-hydrogen) atoms. The van der Waals surface area contributed by atoms with Crippen molar-refractivity contribution in [3.8, 4) is 5.75 Å². The molecule has 0 aliphatic rings. The number of Topliss-reactive ketones (excluding diaryl/α,β-unsaturated/α-hetero) is 1. The zero-order chi connectivity index (χ0) is 15.2. The number of nitrogen functional groups attached to an aromatic ring is 1. The summed E-state index contributed by atoms with van der Waals surface area (Å²) >= 11 is 7.70. The maximum atomic E-state index is 11.5. The molecule has 2 rings (SSSR count). The fourth-order valence-electron chi connectivity index (χ4n) is 1.82. The van der Waals surface area contributed by atoms with Gasteiger partial charge in [0, 0.05) is 16.3 Å². The molecule has 3 nitrogen and oxygen atoms in total. The number of para-hydroxylation sites is 1. The van der Waals surface area contributed by atoms with E-state index in [0.717, 1.165) is 10.6 Å². The summed E-state index contributed by atoms with van der Waals surface area (Å²) in [6.07, 6.45) is 0. The largest absolute Gasteiger partial charge is 0.492 e. The molecule has 0 saturated heterocycles. The fourth-order valence-corrected chi connectivity index (χ4v) is 2.92. The highest BCUT2D eigenvalue weighted by molar-refractivity contribution is 7.99. The molecule has 0 bridgehead atoms. The molecule has 2 N–H and O–H groups in total. The third kappa shape index (κ3) is 4.41. The standard InChI is InChI=1S/C16H16ClNO2S/c1-11(19)13-4-2-3-5-15(13)20-8-9-21-16-7-6-12(18)10-14(16)17/h2-7,10H,8-9,18H2,1H3. The highest BCUT2D eigenvalue weighted by Crippen LogP contribution is 2.29. The molecule has 0 spiro atoms. The fraction of sp³-hybridized carbons (Fsp3) is 0.188. The van der Waals surface area contributed by atoms with E-state index in [9.17, 15) is 4.79 Å². The van der Waals surface area contributed by atoms with Crippen LogP contribution in [0.4, 0.5) is 5.69 Å². The van der Waals surface area contributed by atoms with Crippen molar-refractivity contribution >= 4 is 34.8 Å². The van der Waals surface area contributed by atoms with Gasteiger partial charge < -0.3 is 10.5 Å². The number of rotatable bonds is 6. The van der Waals surface area contributed by atoms with Crippen molar-refractivity contribution in [3.05, 3.63) is 53.1 Å². The summed E-state index contributed by atoms with van der Waals surface area (Å²) in [6.45, 7) is 2.03. The van der Waals surface area contributed by atoms with Crippen LogP contribution in [0.3, 0.4) is 0 Å². The van der Waals surface area contributed by atoms with Gasteiger partial charge in [0.1, 0.15) is 5.75 Å². The molecule has 0 radical (unpaired) electrons. The van der Waals surface area contributed by atoms with Crippen molar-refractivity contribution in [1.29, 1.82) is 0 Å². The quantitative estimate of drug-likeness (QED) is 0.373. The Morgan fingerprint density at radius 2 is 2.05 bits per heavy atom. The smallest absolute Gasteiger partial charge is 0.163 e. The molecular weight excluding hydrogens is 306 g/mol. The summed E-state index contributed by atoms with van der Waals surface area (Å²) in [5.74, 6) is 1.35. The first kappa shape index (κ1) is 15.7. The zero-order valence-electron chi connectivity index (χ0n) is 11.6. The number of thioether (sulfide) groups is 1. The van der Waals surface area contributed by atoms with Crippen LogP contribution in [0.2, 0.25) is 5.02 Å². The SMILES string of the molecule is CC(=O)c1ccccc1OCCSc1ccc(N)cc1Cl. The molecule has 0 heterocycles. The van der Waals surface area contributed by atoms with Crippen molar-refractivity contribution in [2.24, 2.45) is 0 Å². The predicted molar refractivity (Wildman–Crippen MR) is 88.5 cm³/mol. The second-order valence-electron chi connectivity index (χ2n) is 4.44. The van der Waals surface area contributed by atoms with Crippen LogP contribution in [0.1, 0.15) is 17.3 Å². The van der Waals surface area contributed by atoms with Gasteiger partial charge in [-0.3, -0.25) is 4.79 Å².